The molecule has 2 saturated heterocycles. The zero-order chi connectivity index (χ0) is 30.7. The third-order valence-corrected chi connectivity index (χ3v) is 17.1. The quantitative estimate of drug-likeness (QED) is 0.153. The molecule has 2 heterocycles. The molecule has 0 bridgehead atoms. The maximum atomic E-state index is 9.75. The van der Waals surface area contributed by atoms with Gasteiger partial charge in [-0.15, -0.1) is 0 Å². The van der Waals surface area contributed by atoms with Crippen LogP contribution in [-0.2, 0) is 20.1 Å². The fraction of sp³-hybridized carbons (Fsp3) is 0.706. The molecule has 0 unspecified atom stereocenters. The first kappa shape index (κ1) is 40.5. The maximum absolute atomic E-state index is 9.75. The minimum atomic E-state index is -6.00. The molecule has 4 atom stereocenters. The minimum Gasteiger partial charge on any atom is -0.418 e. The maximum Gasteiger partial charge on any atom is 0.673 e. The molecule has 2 aliphatic heterocycles. The van der Waals surface area contributed by atoms with Gasteiger partial charge in [-0.2, -0.15) is 0 Å². The van der Waals surface area contributed by atoms with Gasteiger partial charge in [-0.05, 0) is 134 Å². The number of hydrogen-bond donors (Lipinski definition) is 0. The van der Waals surface area contributed by atoms with E-state index in [2.05, 4.69) is 105 Å². The molecule has 8 heteroatoms. The molecule has 0 nitrogen and oxygen atoms in total. The van der Waals surface area contributed by atoms with Crippen molar-refractivity contribution in [1.82, 2.24) is 0 Å². The average Bonchev–Trinajstić information content (AvgIpc) is 3.48. The van der Waals surface area contributed by atoms with E-state index in [1.54, 1.807) is 0 Å². The van der Waals surface area contributed by atoms with Crippen molar-refractivity contribution in [2.24, 2.45) is 23.7 Å². The Hall–Kier alpha value is 0.514. The summed E-state index contributed by atoms with van der Waals surface area (Å²) in [4.78, 5) is 0. The molecule has 1 aliphatic carbocycles. The number of hydrogen-bond acceptors (Lipinski definition) is 0. The molecule has 3 fully saturated rings. The van der Waals surface area contributed by atoms with Gasteiger partial charge in [0.25, 0.3) is 0 Å². The van der Waals surface area contributed by atoms with Crippen LogP contribution >= 0.6 is 15.8 Å². The van der Waals surface area contributed by atoms with E-state index in [0.29, 0.717) is 0 Å². The van der Waals surface area contributed by atoms with Crippen LogP contribution in [0.15, 0.2) is 24.3 Å². The molecule has 4 rings (SSSR count). The molecule has 0 N–H and O–H groups in total. The molecular formula is C34H56BF4IrP2-. The van der Waals surface area contributed by atoms with Crippen molar-refractivity contribution in [2.75, 3.05) is 0 Å². The second-order valence-electron chi connectivity index (χ2n) is 13.3. The van der Waals surface area contributed by atoms with E-state index in [1.807, 2.05) is 10.6 Å². The van der Waals surface area contributed by atoms with Crippen molar-refractivity contribution < 1.29 is 37.4 Å². The Morgan fingerprint density at radius 1 is 0.524 bits per heavy atom. The number of halogens is 4. The molecule has 3 aliphatic rings. The van der Waals surface area contributed by atoms with Crippen LogP contribution < -0.4 is 10.6 Å². The summed E-state index contributed by atoms with van der Waals surface area (Å²) in [5.41, 5.74) is 3.71. The zero-order valence-electron chi connectivity index (χ0n) is 27.2. The second-order valence-corrected chi connectivity index (χ2v) is 18.5. The fourth-order valence-electron chi connectivity index (χ4n) is 6.82. The predicted octanol–water partition coefficient (Wildman–Crippen LogP) is 11.3. The smallest absolute Gasteiger partial charge is 0.418 e. The van der Waals surface area contributed by atoms with Crippen molar-refractivity contribution >= 4 is 33.7 Å². The summed E-state index contributed by atoms with van der Waals surface area (Å²) < 4.78 is 39.0. The SMILES string of the molecule is CC(C)[C@@H]1CC[C@@H](C(C)C)P1c1ccccc1P1[C@H](C(C)C)CC[C@H]1C(C)C.F[B-](F)(F)F.[CH]1[CH]CC[CH][CH]CC1.[Ir]. The monoisotopic (exact) mass is 806 g/mol. The molecule has 1 aromatic rings. The van der Waals surface area contributed by atoms with Gasteiger partial charge in [0.1, 0.15) is 0 Å². The van der Waals surface area contributed by atoms with Crippen LogP contribution in [0.3, 0.4) is 0 Å². The first-order valence-electron chi connectivity index (χ1n) is 16.1. The summed E-state index contributed by atoms with van der Waals surface area (Å²) >= 11 is 0. The van der Waals surface area contributed by atoms with Crippen molar-refractivity contribution in [3.63, 3.8) is 0 Å². The first-order chi connectivity index (χ1) is 19.2. The summed E-state index contributed by atoms with van der Waals surface area (Å²) in [5, 5.41) is 3.66. The van der Waals surface area contributed by atoms with Gasteiger partial charge in [0, 0.05) is 20.1 Å². The summed E-state index contributed by atoms with van der Waals surface area (Å²) in [6.45, 7) is 19.9. The molecule has 243 valence electrons. The molecular weight excluding hydrogens is 749 g/mol. The van der Waals surface area contributed by atoms with Gasteiger partial charge in [0.15, 0.2) is 0 Å². The molecule has 1 saturated carbocycles. The van der Waals surface area contributed by atoms with Gasteiger partial charge in [-0.1, -0.05) is 95.5 Å². The van der Waals surface area contributed by atoms with Crippen molar-refractivity contribution in [3.05, 3.63) is 49.9 Å². The largest absolute Gasteiger partial charge is 0.673 e. The Morgan fingerprint density at radius 2 is 0.738 bits per heavy atom. The predicted molar refractivity (Wildman–Crippen MR) is 178 cm³/mol. The van der Waals surface area contributed by atoms with Crippen LogP contribution in [0.25, 0.3) is 0 Å². The van der Waals surface area contributed by atoms with Gasteiger partial charge >= 0.3 is 7.25 Å². The van der Waals surface area contributed by atoms with E-state index in [-0.39, 0.29) is 35.9 Å². The van der Waals surface area contributed by atoms with Crippen LogP contribution in [0.2, 0.25) is 0 Å². The topological polar surface area (TPSA) is 0 Å². The van der Waals surface area contributed by atoms with Crippen molar-refractivity contribution in [2.45, 2.75) is 129 Å². The van der Waals surface area contributed by atoms with E-state index >= 15 is 0 Å². The van der Waals surface area contributed by atoms with Crippen molar-refractivity contribution in [1.29, 1.82) is 0 Å². The summed E-state index contributed by atoms with van der Waals surface area (Å²) in [6.07, 6.45) is 19.8. The summed E-state index contributed by atoms with van der Waals surface area (Å²) in [5.74, 6) is 3.28. The Kier molecular flexibility index (Phi) is 19.2. The van der Waals surface area contributed by atoms with Gasteiger partial charge < -0.3 is 17.3 Å². The van der Waals surface area contributed by atoms with Gasteiger partial charge in [0.05, 0.1) is 0 Å². The third kappa shape index (κ3) is 13.1. The fourth-order valence-corrected chi connectivity index (χ4v) is 15.4. The zero-order valence-corrected chi connectivity index (χ0v) is 31.4. The van der Waals surface area contributed by atoms with Crippen molar-refractivity contribution in [3.8, 4) is 0 Å². The van der Waals surface area contributed by atoms with Gasteiger partial charge in [-0.25, -0.2) is 0 Å². The van der Waals surface area contributed by atoms with Gasteiger partial charge in [-0.3, -0.25) is 0 Å². The Morgan fingerprint density at radius 3 is 0.929 bits per heavy atom. The molecule has 0 aromatic heterocycles. The Bertz CT molecular complexity index is 747. The third-order valence-electron chi connectivity index (χ3n) is 8.80. The summed E-state index contributed by atoms with van der Waals surface area (Å²) in [6, 6.07) is 9.86. The Labute approximate surface area is 273 Å². The molecule has 0 amide bonds. The van der Waals surface area contributed by atoms with E-state index < -0.39 is 7.25 Å². The van der Waals surface area contributed by atoms with E-state index in [4.69, 9.17) is 0 Å². The average molecular weight is 806 g/mol. The molecule has 42 heavy (non-hydrogen) atoms. The molecule has 1 aromatic carbocycles. The van der Waals surface area contributed by atoms with Crippen LogP contribution in [-0.4, -0.2) is 29.9 Å². The van der Waals surface area contributed by atoms with Crippen LogP contribution in [0.5, 0.6) is 0 Å². The van der Waals surface area contributed by atoms with Crippen LogP contribution in [0.1, 0.15) is 107 Å². The number of rotatable bonds is 6. The van der Waals surface area contributed by atoms with Gasteiger partial charge in [0.2, 0.25) is 0 Å². The van der Waals surface area contributed by atoms with E-state index in [9.17, 15) is 17.3 Å². The number of benzene rings is 1. The van der Waals surface area contributed by atoms with Crippen LogP contribution in [0, 0.1) is 49.4 Å². The normalized spacial score (nSPS) is 25.9. The minimum absolute atomic E-state index is 0. The van der Waals surface area contributed by atoms with E-state index in [1.165, 1.54) is 51.4 Å². The van der Waals surface area contributed by atoms with E-state index in [0.717, 1.165) is 46.3 Å². The standard InChI is InChI=1S/C26H44P2.C8H12.BF4.Ir/c1-17(2)21-13-14-22(18(3)4)27(21)25-11-9-10-12-26(25)28-23(19(5)6)15-16-24(28)20(7)8;1-2-4-6-8-7-5-3-1;2-1(3,4)5;/h9-12,17-24H,13-16H2,1-8H3;1-2,7-8H,3-6H2;;/q;;-1;/t21-,22-,23-,24-;;;/m0.../s1. The second kappa shape index (κ2) is 19.9. The summed E-state index contributed by atoms with van der Waals surface area (Å²) in [7, 11) is -6.09. The van der Waals surface area contributed by atoms with Crippen LogP contribution in [0.4, 0.5) is 17.3 Å². The first-order valence-corrected chi connectivity index (χ1v) is 19.0. The Balaban J connectivity index is 0.000000522. The molecule has 5 radical (unpaired) electrons. The molecule has 0 spiro atoms.